The summed E-state index contributed by atoms with van der Waals surface area (Å²) in [5.41, 5.74) is 0.515. The number of rotatable bonds is 2. The van der Waals surface area contributed by atoms with Crippen molar-refractivity contribution in [2.24, 2.45) is 0 Å². The van der Waals surface area contributed by atoms with Gasteiger partial charge in [-0.05, 0) is 12.1 Å². The number of carbonyl (C=O) groups is 1. The van der Waals surface area contributed by atoms with E-state index in [9.17, 15) is 9.59 Å². The normalized spacial score (nSPS) is 10.5. The number of hydrogen-bond acceptors (Lipinski definition) is 5. The first-order valence-electron chi connectivity index (χ1n) is 4.43. The Bertz CT molecular complexity index is 552. The Kier molecular flexibility index (Phi) is 2.55. The molecule has 0 saturated carbocycles. The van der Waals surface area contributed by atoms with Crippen LogP contribution in [0.1, 0.15) is 13.3 Å². The summed E-state index contributed by atoms with van der Waals surface area (Å²) in [4.78, 5) is 21.6. The van der Waals surface area contributed by atoms with Crippen LogP contribution < -0.4 is 9.68 Å². The van der Waals surface area contributed by atoms with E-state index < -0.39 is 0 Å². The van der Waals surface area contributed by atoms with Crippen molar-refractivity contribution in [1.29, 1.82) is 0 Å². The van der Waals surface area contributed by atoms with Crippen LogP contribution in [-0.4, -0.2) is 5.97 Å². The maximum absolute atomic E-state index is 11.0. The van der Waals surface area contributed by atoms with Gasteiger partial charge >= 0.3 is 10.9 Å². The third-order valence-corrected chi connectivity index (χ3v) is 2.61. The van der Waals surface area contributed by atoms with Gasteiger partial charge in [-0.1, -0.05) is 18.3 Å². The van der Waals surface area contributed by atoms with Crippen molar-refractivity contribution in [3.8, 4) is 5.75 Å². The predicted octanol–water partition coefficient (Wildman–Crippen LogP) is 2.17. The van der Waals surface area contributed by atoms with Gasteiger partial charge < -0.3 is 9.15 Å². The highest BCUT2D eigenvalue weighted by Gasteiger charge is 2.06. The van der Waals surface area contributed by atoms with Crippen LogP contribution in [0.2, 0.25) is 0 Å². The zero-order valence-corrected chi connectivity index (χ0v) is 8.80. The summed E-state index contributed by atoms with van der Waals surface area (Å²) < 4.78 is 10.6. The number of ether oxygens (including phenoxy) is 1. The molecule has 0 aliphatic carbocycles. The first-order valence-corrected chi connectivity index (χ1v) is 5.25. The number of carbonyl (C=O) groups excluding carboxylic acids is 1. The summed E-state index contributed by atoms with van der Waals surface area (Å²) in [6.45, 7) is 1.72. The largest absolute Gasteiger partial charge is 0.426 e. The summed E-state index contributed by atoms with van der Waals surface area (Å²) in [5.74, 6) is 0.136. The first kappa shape index (κ1) is 9.92. The van der Waals surface area contributed by atoms with Crippen molar-refractivity contribution in [3.05, 3.63) is 27.9 Å². The van der Waals surface area contributed by atoms with E-state index in [0.717, 1.165) is 11.3 Å². The minimum atomic E-state index is -0.357. The molecule has 0 fully saturated rings. The van der Waals surface area contributed by atoms with Gasteiger partial charge in [-0.25, -0.2) is 4.79 Å². The molecule has 0 N–H and O–H groups in total. The fourth-order valence-corrected chi connectivity index (χ4v) is 1.82. The summed E-state index contributed by atoms with van der Waals surface area (Å²) >= 11 is 0.987. The fourth-order valence-electron chi connectivity index (χ4n) is 1.12. The molecule has 78 valence electrons. The molecule has 0 unspecified atom stereocenters. The number of fused-ring (bicyclic) bond motifs is 1. The smallest absolute Gasteiger partial charge is 0.396 e. The lowest BCUT2D eigenvalue weighted by atomic mass is 10.3. The Hall–Kier alpha value is -1.62. The minimum Gasteiger partial charge on any atom is -0.426 e. The van der Waals surface area contributed by atoms with Gasteiger partial charge in [0.15, 0.2) is 0 Å². The fraction of sp³-hybridized carbons (Fsp3) is 0.200. The molecule has 0 aliphatic heterocycles. The number of benzene rings is 1. The second-order valence-electron chi connectivity index (χ2n) is 2.89. The second kappa shape index (κ2) is 3.86. The summed E-state index contributed by atoms with van der Waals surface area (Å²) in [6.07, 6.45) is 0.319. The molecule has 4 nitrogen and oxygen atoms in total. The lowest BCUT2D eigenvalue weighted by Gasteiger charge is -2.00. The first-order chi connectivity index (χ1) is 7.19. The van der Waals surface area contributed by atoms with Crippen molar-refractivity contribution < 1.29 is 13.9 Å². The highest BCUT2D eigenvalue weighted by atomic mass is 32.1. The predicted molar refractivity (Wildman–Crippen MR) is 56.3 cm³/mol. The molecule has 1 aromatic heterocycles. The van der Waals surface area contributed by atoms with Gasteiger partial charge in [0.05, 0.1) is 4.70 Å². The van der Waals surface area contributed by atoms with Crippen LogP contribution in [-0.2, 0) is 4.79 Å². The lowest BCUT2D eigenvalue weighted by molar-refractivity contribution is -0.134. The Balaban J connectivity index is 2.38. The van der Waals surface area contributed by atoms with Crippen molar-refractivity contribution in [2.45, 2.75) is 13.3 Å². The summed E-state index contributed by atoms with van der Waals surface area (Å²) in [5, 5.41) is 0. The Morgan fingerprint density at radius 2 is 2.33 bits per heavy atom. The lowest BCUT2D eigenvalue weighted by Crippen LogP contribution is -2.04. The average Bonchev–Trinajstić information content (AvgIpc) is 2.57. The molecule has 0 radical (unpaired) electrons. The van der Waals surface area contributed by atoms with Gasteiger partial charge in [0.25, 0.3) is 0 Å². The van der Waals surface area contributed by atoms with Crippen LogP contribution in [0.5, 0.6) is 5.75 Å². The molecule has 15 heavy (non-hydrogen) atoms. The monoisotopic (exact) mass is 224 g/mol. The molecule has 1 aromatic carbocycles. The van der Waals surface area contributed by atoms with Gasteiger partial charge in [-0.15, -0.1) is 0 Å². The van der Waals surface area contributed by atoms with Crippen LogP contribution >= 0.6 is 11.3 Å². The summed E-state index contributed by atoms with van der Waals surface area (Å²) in [7, 11) is 0. The molecule has 0 saturated heterocycles. The zero-order valence-electron chi connectivity index (χ0n) is 7.98. The van der Waals surface area contributed by atoms with E-state index in [1.807, 2.05) is 0 Å². The molecule has 0 atom stereocenters. The van der Waals surface area contributed by atoms with E-state index in [0.29, 0.717) is 22.5 Å². The van der Waals surface area contributed by atoms with Gasteiger partial charge in [-0.2, -0.15) is 0 Å². The molecule has 0 amide bonds. The van der Waals surface area contributed by atoms with E-state index in [1.165, 1.54) is 0 Å². The zero-order chi connectivity index (χ0) is 10.8. The maximum atomic E-state index is 11.0. The molecule has 0 bridgehead atoms. The van der Waals surface area contributed by atoms with Gasteiger partial charge in [0, 0.05) is 12.5 Å². The van der Waals surface area contributed by atoms with Crippen molar-refractivity contribution in [1.82, 2.24) is 0 Å². The quantitative estimate of drug-likeness (QED) is 0.579. The Morgan fingerprint density at radius 3 is 3.07 bits per heavy atom. The topological polar surface area (TPSA) is 56.5 Å². The average molecular weight is 224 g/mol. The molecule has 2 rings (SSSR count). The maximum Gasteiger partial charge on any atom is 0.396 e. The number of hydrogen-bond donors (Lipinski definition) is 0. The Labute approximate surface area is 89.1 Å². The van der Waals surface area contributed by atoms with E-state index in [4.69, 9.17) is 9.15 Å². The standard InChI is InChI=1S/C10H8O4S/c1-2-9(11)13-6-3-4-7-8(5-6)15-10(12)14-7/h3-5H,2H2,1H3. The van der Waals surface area contributed by atoms with Gasteiger partial charge in [0.1, 0.15) is 11.3 Å². The summed E-state index contributed by atoms with van der Waals surface area (Å²) in [6, 6.07) is 4.84. The second-order valence-corrected chi connectivity index (χ2v) is 3.87. The molecule has 0 aliphatic rings. The molecular weight excluding hydrogens is 216 g/mol. The van der Waals surface area contributed by atoms with Crippen LogP contribution in [0.4, 0.5) is 0 Å². The third-order valence-electron chi connectivity index (χ3n) is 1.82. The van der Waals surface area contributed by atoms with Crippen molar-refractivity contribution in [2.75, 3.05) is 0 Å². The van der Waals surface area contributed by atoms with Crippen LogP contribution in [0.15, 0.2) is 27.4 Å². The highest BCUT2D eigenvalue weighted by molar-refractivity contribution is 7.16. The van der Waals surface area contributed by atoms with Crippen LogP contribution in [0.25, 0.3) is 10.3 Å². The van der Waals surface area contributed by atoms with Crippen LogP contribution in [0, 0.1) is 0 Å². The molecular formula is C10H8O4S. The van der Waals surface area contributed by atoms with Crippen molar-refractivity contribution in [3.63, 3.8) is 0 Å². The SMILES string of the molecule is CCC(=O)Oc1ccc2oc(=O)sc2c1. The third kappa shape index (κ3) is 2.07. The van der Waals surface area contributed by atoms with E-state index >= 15 is 0 Å². The molecule has 5 heteroatoms. The van der Waals surface area contributed by atoms with Gasteiger partial charge in [0.2, 0.25) is 0 Å². The minimum absolute atomic E-state index is 0.301. The molecule has 2 aromatic rings. The molecule has 1 heterocycles. The highest BCUT2D eigenvalue weighted by Crippen LogP contribution is 2.23. The van der Waals surface area contributed by atoms with E-state index in [-0.39, 0.29) is 10.9 Å². The van der Waals surface area contributed by atoms with Gasteiger partial charge in [-0.3, -0.25) is 4.79 Å². The Morgan fingerprint density at radius 1 is 1.53 bits per heavy atom. The van der Waals surface area contributed by atoms with E-state index in [2.05, 4.69) is 0 Å². The molecule has 0 spiro atoms. The number of esters is 1. The van der Waals surface area contributed by atoms with Crippen LogP contribution in [0.3, 0.4) is 0 Å². The van der Waals surface area contributed by atoms with Crippen molar-refractivity contribution >= 4 is 27.6 Å². The van der Waals surface area contributed by atoms with E-state index in [1.54, 1.807) is 25.1 Å².